The van der Waals surface area contributed by atoms with E-state index in [0.717, 1.165) is 11.3 Å². The van der Waals surface area contributed by atoms with Crippen molar-refractivity contribution >= 4 is 11.7 Å². The number of anilines is 1. The van der Waals surface area contributed by atoms with E-state index in [2.05, 4.69) is 5.32 Å². The van der Waals surface area contributed by atoms with Crippen LogP contribution in [-0.4, -0.2) is 36.1 Å². The van der Waals surface area contributed by atoms with Gasteiger partial charge < -0.3 is 19.9 Å². The summed E-state index contributed by atoms with van der Waals surface area (Å²) in [6, 6.07) is 5.21. The smallest absolute Gasteiger partial charge is 0.336 e. The molecule has 1 aromatic carbocycles. The van der Waals surface area contributed by atoms with Gasteiger partial charge in [-0.1, -0.05) is 6.07 Å². The number of hydrogen-bond donors (Lipinski definition) is 2. The van der Waals surface area contributed by atoms with Crippen LogP contribution in [0.5, 0.6) is 0 Å². The van der Waals surface area contributed by atoms with Gasteiger partial charge >= 0.3 is 5.97 Å². The van der Waals surface area contributed by atoms with E-state index in [1.165, 1.54) is 0 Å². The molecule has 5 nitrogen and oxygen atoms in total. The minimum Gasteiger partial charge on any atom is -0.478 e. The second kappa shape index (κ2) is 5.19. The third-order valence-electron chi connectivity index (χ3n) is 3.19. The van der Waals surface area contributed by atoms with Crippen LogP contribution in [0.25, 0.3) is 0 Å². The zero-order chi connectivity index (χ0) is 14.0. The van der Waals surface area contributed by atoms with Gasteiger partial charge in [-0.3, -0.25) is 0 Å². The molecule has 1 aromatic rings. The standard InChI is InChI=1S/C14H19NO4/c1-9-11(13(16)17)5-4-6-12(9)15-10-7-18-14(2,3)19-8-10/h4-6,10,15H,7-8H2,1-3H3,(H,16,17). The Morgan fingerprint density at radius 3 is 2.58 bits per heavy atom. The molecule has 104 valence electrons. The number of carboxylic acids is 1. The van der Waals surface area contributed by atoms with Crippen LogP contribution < -0.4 is 5.32 Å². The van der Waals surface area contributed by atoms with Crippen molar-refractivity contribution in [2.75, 3.05) is 18.5 Å². The van der Waals surface area contributed by atoms with Crippen LogP contribution in [0.3, 0.4) is 0 Å². The molecule has 19 heavy (non-hydrogen) atoms. The number of carbonyl (C=O) groups is 1. The molecular weight excluding hydrogens is 246 g/mol. The highest BCUT2D eigenvalue weighted by Crippen LogP contribution is 2.23. The molecular formula is C14H19NO4. The molecule has 5 heteroatoms. The maximum atomic E-state index is 11.1. The van der Waals surface area contributed by atoms with E-state index in [-0.39, 0.29) is 6.04 Å². The number of rotatable bonds is 3. The average molecular weight is 265 g/mol. The summed E-state index contributed by atoms with van der Waals surface area (Å²) in [4.78, 5) is 11.1. The second-order valence-electron chi connectivity index (χ2n) is 5.15. The lowest BCUT2D eigenvalue weighted by Crippen LogP contribution is -2.45. The third kappa shape index (κ3) is 3.24. The van der Waals surface area contributed by atoms with Crippen LogP contribution in [0.15, 0.2) is 18.2 Å². The van der Waals surface area contributed by atoms with Crippen LogP contribution >= 0.6 is 0 Å². The summed E-state index contributed by atoms with van der Waals surface area (Å²) in [7, 11) is 0. The van der Waals surface area contributed by atoms with Crippen LogP contribution in [0.2, 0.25) is 0 Å². The topological polar surface area (TPSA) is 67.8 Å². The van der Waals surface area contributed by atoms with Gasteiger partial charge in [-0.05, 0) is 38.5 Å². The zero-order valence-corrected chi connectivity index (χ0v) is 11.4. The van der Waals surface area contributed by atoms with Crippen LogP contribution in [0.4, 0.5) is 5.69 Å². The first kappa shape index (κ1) is 13.8. The van der Waals surface area contributed by atoms with Gasteiger partial charge in [0, 0.05) is 5.69 Å². The lowest BCUT2D eigenvalue weighted by molar-refractivity contribution is -0.247. The Bertz CT molecular complexity index is 474. The molecule has 2 rings (SSSR count). The van der Waals surface area contributed by atoms with Crippen molar-refractivity contribution in [2.24, 2.45) is 0 Å². The van der Waals surface area contributed by atoms with E-state index >= 15 is 0 Å². The predicted molar refractivity (Wildman–Crippen MR) is 71.5 cm³/mol. The number of ether oxygens (including phenoxy) is 2. The lowest BCUT2D eigenvalue weighted by Gasteiger charge is -2.35. The van der Waals surface area contributed by atoms with Crippen LogP contribution in [0.1, 0.15) is 29.8 Å². The number of nitrogens with one attached hydrogen (secondary N) is 1. The lowest BCUT2D eigenvalue weighted by atomic mass is 10.1. The zero-order valence-electron chi connectivity index (χ0n) is 11.4. The Morgan fingerprint density at radius 1 is 1.37 bits per heavy atom. The quantitative estimate of drug-likeness (QED) is 0.877. The molecule has 0 amide bonds. The van der Waals surface area contributed by atoms with Crippen molar-refractivity contribution in [3.8, 4) is 0 Å². The second-order valence-corrected chi connectivity index (χ2v) is 5.15. The third-order valence-corrected chi connectivity index (χ3v) is 3.19. The summed E-state index contributed by atoms with van der Waals surface area (Å²) in [6.07, 6.45) is 0. The highest BCUT2D eigenvalue weighted by molar-refractivity contribution is 5.91. The van der Waals surface area contributed by atoms with Gasteiger partial charge in [-0.25, -0.2) is 4.79 Å². The van der Waals surface area contributed by atoms with E-state index < -0.39 is 11.8 Å². The molecule has 0 unspecified atom stereocenters. The Balaban J connectivity index is 2.08. The van der Waals surface area contributed by atoms with Crippen molar-refractivity contribution in [1.29, 1.82) is 0 Å². The highest BCUT2D eigenvalue weighted by atomic mass is 16.7. The number of hydrogen-bond acceptors (Lipinski definition) is 4. The molecule has 0 aliphatic carbocycles. The fourth-order valence-electron chi connectivity index (χ4n) is 2.02. The maximum Gasteiger partial charge on any atom is 0.336 e. The average Bonchev–Trinajstić information content (AvgIpc) is 2.34. The molecule has 2 N–H and O–H groups in total. The van der Waals surface area contributed by atoms with Crippen LogP contribution in [-0.2, 0) is 9.47 Å². The van der Waals surface area contributed by atoms with Gasteiger partial charge in [0.05, 0.1) is 24.8 Å². The summed E-state index contributed by atoms with van der Waals surface area (Å²) in [5, 5.41) is 12.4. The van der Waals surface area contributed by atoms with Crippen molar-refractivity contribution in [3.05, 3.63) is 29.3 Å². The summed E-state index contributed by atoms with van der Waals surface area (Å²) in [5.41, 5.74) is 1.83. The summed E-state index contributed by atoms with van der Waals surface area (Å²) in [6.45, 7) is 6.60. The molecule has 1 aliphatic heterocycles. The van der Waals surface area contributed by atoms with Gasteiger partial charge in [-0.15, -0.1) is 0 Å². The molecule has 0 aromatic heterocycles. The predicted octanol–water partition coefficient (Wildman–Crippen LogP) is 2.26. The molecule has 1 fully saturated rings. The number of benzene rings is 1. The first-order chi connectivity index (χ1) is 8.89. The van der Waals surface area contributed by atoms with E-state index in [4.69, 9.17) is 14.6 Å². The molecule has 0 radical (unpaired) electrons. The van der Waals surface area contributed by atoms with E-state index in [0.29, 0.717) is 18.8 Å². The molecule has 0 saturated carbocycles. The molecule has 0 spiro atoms. The number of aromatic carboxylic acids is 1. The normalized spacial score (nSPS) is 19.1. The molecule has 1 saturated heterocycles. The summed E-state index contributed by atoms with van der Waals surface area (Å²) in [5.74, 6) is -1.46. The molecule has 0 bridgehead atoms. The van der Waals surface area contributed by atoms with E-state index in [1.54, 1.807) is 19.1 Å². The largest absolute Gasteiger partial charge is 0.478 e. The maximum absolute atomic E-state index is 11.1. The van der Waals surface area contributed by atoms with E-state index in [9.17, 15) is 4.79 Å². The van der Waals surface area contributed by atoms with Crippen molar-refractivity contribution in [1.82, 2.24) is 0 Å². The first-order valence-corrected chi connectivity index (χ1v) is 6.26. The van der Waals surface area contributed by atoms with Crippen molar-refractivity contribution < 1.29 is 19.4 Å². The van der Waals surface area contributed by atoms with Crippen molar-refractivity contribution in [2.45, 2.75) is 32.6 Å². The highest BCUT2D eigenvalue weighted by Gasteiger charge is 2.28. The first-order valence-electron chi connectivity index (χ1n) is 6.26. The van der Waals surface area contributed by atoms with Crippen LogP contribution in [0, 0.1) is 6.92 Å². The Morgan fingerprint density at radius 2 is 2.00 bits per heavy atom. The van der Waals surface area contributed by atoms with Gasteiger partial charge in [-0.2, -0.15) is 0 Å². The monoisotopic (exact) mass is 265 g/mol. The Hall–Kier alpha value is -1.59. The van der Waals surface area contributed by atoms with Gasteiger partial charge in [0.2, 0.25) is 0 Å². The van der Waals surface area contributed by atoms with Gasteiger partial charge in [0.25, 0.3) is 0 Å². The van der Waals surface area contributed by atoms with Crippen molar-refractivity contribution in [3.63, 3.8) is 0 Å². The number of carboxylic acid groups (broad SMARTS) is 1. The Labute approximate surface area is 112 Å². The minimum absolute atomic E-state index is 0.0239. The summed E-state index contributed by atoms with van der Waals surface area (Å²) >= 11 is 0. The molecule has 1 heterocycles. The minimum atomic E-state index is -0.918. The van der Waals surface area contributed by atoms with Gasteiger partial charge in [0.1, 0.15) is 0 Å². The van der Waals surface area contributed by atoms with E-state index in [1.807, 2.05) is 19.9 Å². The SMILES string of the molecule is Cc1c(NC2COC(C)(C)OC2)cccc1C(=O)O. The Kier molecular flexibility index (Phi) is 3.78. The molecule has 0 atom stereocenters. The summed E-state index contributed by atoms with van der Waals surface area (Å²) < 4.78 is 11.1. The fourth-order valence-corrected chi connectivity index (χ4v) is 2.02. The fraction of sp³-hybridized carbons (Fsp3) is 0.500. The molecule has 1 aliphatic rings. The van der Waals surface area contributed by atoms with Gasteiger partial charge in [0.15, 0.2) is 5.79 Å².